The fourth-order valence-electron chi connectivity index (χ4n) is 5.30. The van der Waals surface area contributed by atoms with Crippen molar-refractivity contribution in [3.8, 4) is 5.69 Å². The van der Waals surface area contributed by atoms with Gasteiger partial charge in [-0.05, 0) is 65.7 Å². The molecule has 10 heteroatoms. The first-order valence-corrected chi connectivity index (χ1v) is 12.9. The van der Waals surface area contributed by atoms with Gasteiger partial charge in [0.2, 0.25) is 11.9 Å². The number of anilines is 1. The van der Waals surface area contributed by atoms with Crippen molar-refractivity contribution >= 4 is 49.7 Å². The highest BCUT2D eigenvalue weighted by molar-refractivity contribution is 9.10. The van der Waals surface area contributed by atoms with E-state index >= 15 is 0 Å². The molecule has 180 valence electrons. The molecule has 1 saturated carbocycles. The first-order valence-electron chi connectivity index (χ1n) is 12.1. The molecule has 0 radical (unpaired) electrons. The van der Waals surface area contributed by atoms with Crippen LogP contribution in [0.25, 0.3) is 27.6 Å². The SMILES string of the molecule is CNC(=O)[C@]1(C)CC[C@@H](Cc2ncc3c(Br)nn(-c4ccc5nc(N6CCC6)ncc5c4)c3n2)C1. The third kappa shape index (κ3) is 3.93. The van der Waals surface area contributed by atoms with Crippen LogP contribution < -0.4 is 10.2 Å². The Balaban J connectivity index is 1.30. The number of hydrogen-bond acceptors (Lipinski definition) is 7. The Morgan fingerprint density at radius 2 is 2.09 bits per heavy atom. The summed E-state index contributed by atoms with van der Waals surface area (Å²) in [4.78, 5) is 33.3. The van der Waals surface area contributed by atoms with Crippen LogP contribution in [0.1, 0.15) is 38.4 Å². The van der Waals surface area contributed by atoms with Crippen LogP contribution in [-0.4, -0.2) is 55.8 Å². The van der Waals surface area contributed by atoms with Gasteiger partial charge in [0.25, 0.3) is 0 Å². The molecule has 3 aromatic heterocycles. The summed E-state index contributed by atoms with van der Waals surface area (Å²) in [6.45, 7) is 4.09. The molecule has 2 fully saturated rings. The van der Waals surface area contributed by atoms with Gasteiger partial charge in [-0.3, -0.25) is 4.79 Å². The van der Waals surface area contributed by atoms with Gasteiger partial charge in [0.05, 0.1) is 16.6 Å². The molecule has 1 N–H and O–H groups in total. The Hall–Kier alpha value is -3.14. The van der Waals surface area contributed by atoms with E-state index in [1.807, 2.05) is 35.3 Å². The molecule has 0 bridgehead atoms. The number of carbonyl (C=O) groups is 1. The number of amides is 1. The molecule has 2 aliphatic rings. The zero-order valence-corrected chi connectivity index (χ0v) is 21.4. The summed E-state index contributed by atoms with van der Waals surface area (Å²) in [5.41, 5.74) is 2.26. The van der Waals surface area contributed by atoms with Gasteiger partial charge in [-0.15, -0.1) is 0 Å². The van der Waals surface area contributed by atoms with Gasteiger partial charge in [0, 0.05) is 49.8 Å². The molecule has 9 nitrogen and oxygen atoms in total. The Kier molecular flexibility index (Phi) is 5.43. The summed E-state index contributed by atoms with van der Waals surface area (Å²) < 4.78 is 2.55. The Morgan fingerprint density at radius 3 is 2.86 bits per heavy atom. The van der Waals surface area contributed by atoms with Crippen LogP contribution >= 0.6 is 15.9 Å². The predicted molar refractivity (Wildman–Crippen MR) is 138 cm³/mol. The zero-order chi connectivity index (χ0) is 24.2. The van der Waals surface area contributed by atoms with Gasteiger partial charge < -0.3 is 10.2 Å². The molecule has 1 aliphatic carbocycles. The van der Waals surface area contributed by atoms with Crippen molar-refractivity contribution in [2.45, 2.75) is 39.0 Å². The lowest BCUT2D eigenvalue weighted by Crippen LogP contribution is -2.38. The van der Waals surface area contributed by atoms with E-state index in [2.05, 4.69) is 43.0 Å². The standard InChI is InChI=1S/C25H27BrN8O/c1-25(23(35)27-2)7-6-15(12-25)10-20-28-14-18-21(26)32-34(22(18)31-20)17-4-5-19-16(11-17)13-29-24(30-19)33-8-3-9-33/h4-5,11,13-15H,3,6-10,12H2,1-2H3,(H,27,35)/t15-,25+/m0/s1. The quantitative estimate of drug-likeness (QED) is 0.415. The molecule has 1 aromatic carbocycles. The van der Waals surface area contributed by atoms with E-state index < -0.39 is 0 Å². The van der Waals surface area contributed by atoms with E-state index in [1.54, 1.807) is 7.05 Å². The zero-order valence-electron chi connectivity index (χ0n) is 19.8. The molecule has 6 rings (SSSR count). The smallest absolute Gasteiger partial charge is 0.225 e. The Morgan fingerprint density at radius 1 is 1.23 bits per heavy atom. The molecule has 1 aliphatic heterocycles. The van der Waals surface area contributed by atoms with Crippen molar-refractivity contribution < 1.29 is 4.79 Å². The lowest BCUT2D eigenvalue weighted by Gasteiger charge is -2.30. The van der Waals surface area contributed by atoms with Gasteiger partial charge in [-0.1, -0.05) is 6.92 Å². The molecule has 2 atom stereocenters. The highest BCUT2D eigenvalue weighted by Crippen LogP contribution is 2.42. The number of hydrogen-bond donors (Lipinski definition) is 1. The normalized spacial score (nSPS) is 22.0. The van der Waals surface area contributed by atoms with Crippen molar-refractivity contribution in [2.75, 3.05) is 25.0 Å². The molecule has 0 unspecified atom stereocenters. The highest BCUT2D eigenvalue weighted by atomic mass is 79.9. The molecular weight excluding hydrogens is 508 g/mol. The largest absolute Gasteiger partial charge is 0.359 e. The predicted octanol–water partition coefficient (Wildman–Crippen LogP) is 3.83. The maximum absolute atomic E-state index is 12.3. The van der Waals surface area contributed by atoms with Gasteiger partial charge in [0.1, 0.15) is 10.4 Å². The number of benzene rings is 1. The second kappa shape index (κ2) is 8.51. The summed E-state index contributed by atoms with van der Waals surface area (Å²) >= 11 is 3.57. The third-order valence-electron chi connectivity index (χ3n) is 7.45. The van der Waals surface area contributed by atoms with Crippen LogP contribution in [0.2, 0.25) is 0 Å². The first kappa shape index (κ1) is 22.3. The number of aromatic nitrogens is 6. The summed E-state index contributed by atoms with van der Waals surface area (Å²) in [6.07, 6.45) is 8.39. The number of nitrogens with one attached hydrogen (secondary N) is 1. The van der Waals surface area contributed by atoms with E-state index in [1.165, 1.54) is 6.42 Å². The van der Waals surface area contributed by atoms with E-state index in [9.17, 15) is 4.79 Å². The van der Waals surface area contributed by atoms with Crippen LogP contribution in [0, 0.1) is 11.3 Å². The van der Waals surface area contributed by atoms with Crippen molar-refractivity contribution in [1.29, 1.82) is 0 Å². The maximum atomic E-state index is 12.3. The second-order valence-electron chi connectivity index (χ2n) is 9.93. The van der Waals surface area contributed by atoms with Crippen LogP contribution in [0.15, 0.2) is 35.2 Å². The van der Waals surface area contributed by atoms with Crippen LogP contribution in [0.5, 0.6) is 0 Å². The monoisotopic (exact) mass is 534 g/mol. The molecule has 4 heterocycles. The highest BCUT2D eigenvalue weighted by Gasteiger charge is 2.40. The van der Waals surface area contributed by atoms with E-state index in [0.29, 0.717) is 10.5 Å². The average Bonchev–Trinajstić information content (AvgIpc) is 3.37. The molecule has 35 heavy (non-hydrogen) atoms. The summed E-state index contributed by atoms with van der Waals surface area (Å²) in [5.74, 6) is 2.07. The summed E-state index contributed by atoms with van der Waals surface area (Å²) in [6, 6.07) is 6.07. The molecular formula is C25H27BrN8O. The minimum Gasteiger partial charge on any atom is -0.359 e. The maximum Gasteiger partial charge on any atom is 0.225 e. The van der Waals surface area contributed by atoms with E-state index in [4.69, 9.17) is 15.1 Å². The number of carbonyl (C=O) groups excluding carboxylic acids is 1. The number of fused-ring (bicyclic) bond motifs is 2. The van der Waals surface area contributed by atoms with Crippen LogP contribution in [0.4, 0.5) is 5.95 Å². The van der Waals surface area contributed by atoms with E-state index in [0.717, 1.165) is 78.2 Å². The first-order chi connectivity index (χ1) is 16.9. The molecule has 1 saturated heterocycles. The van der Waals surface area contributed by atoms with Crippen molar-refractivity contribution in [3.05, 3.63) is 41.0 Å². The Labute approximate surface area is 211 Å². The minimum atomic E-state index is -0.309. The fraction of sp³-hybridized carbons (Fsp3) is 0.440. The summed E-state index contributed by atoms with van der Waals surface area (Å²) in [7, 11) is 1.71. The Bertz CT molecular complexity index is 1450. The number of rotatable bonds is 5. The molecule has 1 amide bonds. The van der Waals surface area contributed by atoms with Crippen molar-refractivity contribution in [2.24, 2.45) is 11.3 Å². The second-order valence-corrected chi connectivity index (χ2v) is 10.7. The lowest BCUT2D eigenvalue weighted by atomic mass is 9.86. The van der Waals surface area contributed by atoms with Gasteiger partial charge in [0.15, 0.2) is 5.65 Å². The van der Waals surface area contributed by atoms with Crippen LogP contribution in [0.3, 0.4) is 0 Å². The average molecular weight is 535 g/mol. The minimum absolute atomic E-state index is 0.121. The molecule has 0 spiro atoms. The topological polar surface area (TPSA) is 102 Å². The number of nitrogens with zero attached hydrogens (tertiary/aromatic N) is 7. The van der Waals surface area contributed by atoms with Gasteiger partial charge >= 0.3 is 0 Å². The lowest BCUT2D eigenvalue weighted by molar-refractivity contribution is -0.129. The van der Waals surface area contributed by atoms with Crippen LogP contribution in [-0.2, 0) is 11.2 Å². The fourth-order valence-corrected chi connectivity index (χ4v) is 5.74. The third-order valence-corrected chi connectivity index (χ3v) is 8.04. The van der Waals surface area contributed by atoms with Crippen molar-refractivity contribution in [1.82, 2.24) is 35.0 Å². The van der Waals surface area contributed by atoms with Gasteiger partial charge in [-0.2, -0.15) is 5.10 Å². The number of halogens is 1. The van der Waals surface area contributed by atoms with Gasteiger partial charge in [-0.25, -0.2) is 24.6 Å². The van der Waals surface area contributed by atoms with E-state index in [-0.39, 0.29) is 11.3 Å². The van der Waals surface area contributed by atoms with Crippen molar-refractivity contribution in [3.63, 3.8) is 0 Å². The summed E-state index contributed by atoms with van der Waals surface area (Å²) in [5, 5.41) is 9.33. The molecule has 4 aromatic rings.